The van der Waals surface area contributed by atoms with E-state index in [0.29, 0.717) is 17.6 Å². The number of esters is 1. The lowest BCUT2D eigenvalue weighted by molar-refractivity contribution is -0.170. The Balaban J connectivity index is 1.70. The average Bonchev–Trinajstić information content (AvgIpc) is 3.01. The van der Waals surface area contributed by atoms with Crippen LogP contribution in [0, 0.1) is 5.92 Å². The number of Topliss-reactive ketones (excluding diaryl/α,β-unsaturated/α-hetero) is 1. The summed E-state index contributed by atoms with van der Waals surface area (Å²) in [4.78, 5) is 25.3. The van der Waals surface area contributed by atoms with Crippen molar-refractivity contribution in [1.82, 2.24) is 0 Å². The number of carbonyl (C=O) groups excluding carboxylic acids is 2. The molecule has 2 atom stereocenters. The summed E-state index contributed by atoms with van der Waals surface area (Å²) in [5.74, 6) is -1.17. The number of ether oxygens (including phenoxy) is 1. The minimum absolute atomic E-state index is 0.0191. The number of fused-ring (bicyclic) bond motifs is 4. The van der Waals surface area contributed by atoms with Crippen LogP contribution in [-0.4, -0.2) is 34.2 Å². The lowest BCUT2D eigenvalue weighted by atomic mass is 9.73. The topological polar surface area (TPSA) is 83.8 Å². The van der Waals surface area contributed by atoms with Gasteiger partial charge in [-0.3, -0.25) is 4.79 Å². The molecule has 3 aliphatic rings. The van der Waals surface area contributed by atoms with Gasteiger partial charge in [0.2, 0.25) is 0 Å². The third kappa shape index (κ3) is 2.09. The molecule has 0 saturated carbocycles. The van der Waals surface area contributed by atoms with Gasteiger partial charge >= 0.3 is 5.97 Å². The van der Waals surface area contributed by atoms with E-state index in [0.717, 1.165) is 27.5 Å². The zero-order valence-electron chi connectivity index (χ0n) is 14.8. The van der Waals surface area contributed by atoms with Crippen LogP contribution in [0.3, 0.4) is 0 Å². The second kappa shape index (κ2) is 5.30. The van der Waals surface area contributed by atoms with E-state index in [4.69, 9.17) is 4.74 Å². The fourth-order valence-electron chi connectivity index (χ4n) is 4.49. The maximum atomic E-state index is 13.1. The van der Waals surface area contributed by atoms with Gasteiger partial charge < -0.3 is 14.9 Å². The smallest absolute Gasteiger partial charge is 0.342 e. The van der Waals surface area contributed by atoms with Crippen LogP contribution in [-0.2, 0) is 20.7 Å². The number of hydrogen-bond acceptors (Lipinski definition) is 5. The van der Waals surface area contributed by atoms with Crippen LogP contribution in [0.1, 0.15) is 24.5 Å². The molecule has 2 aromatic rings. The Kier molecular flexibility index (Phi) is 3.19. The zero-order valence-corrected chi connectivity index (χ0v) is 14.8. The van der Waals surface area contributed by atoms with Gasteiger partial charge in [0.15, 0.2) is 11.4 Å². The lowest BCUT2D eigenvalue weighted by Gasteiger charge is -2.38. The van der Waals surface area contributed by atoms with Crippen molar-refractivity contribution in [3.8, 4) is 5.75 Å². The number of rotatable bonds is 1. The summed E-state index contributed by atoms with van der Waals surface area (Å²) in [6.07, 6.45) is 2.49. The van der Waals surface area contributed by atoms with Crippen LogP contribution in [0.4, 0.5) is 0 Å². The Morgan fingerprint density at radius 2 is 2.00 bits per heavy atom. The Bertz CT molecular complexity index is 1110. The van der Waals surface area contributed by atoms with Crippen molar-refractivity contribution in [2.45, 2.75) is 25.4 Å². The highest BCUT2D eigenvalue weighted by atomic mass is 16.6. The molecule has 2 unspecified atom stereocenters. The lowest BCUT2D eigenvalue weighted by Crippen LogP contribution is -2.52. The number of carbonyl (C=O) groups is 2. The van der Waals surface area contributed by atoms with Gasteiger partial charge in [-0.1, -0.05) is 25.1 Å². The third-order valence-corrected chi connectivity index (χ3v) is 6.03. The molecule has 0 aromatic heterocycles. The third-order valence-electron chi connectivity index (χ3n) is 6.03. The molecule has 5 nitrogen and oxygen atoms in total. The van der Waals surface area contributed by atoms with Crippen LogP contribution in [0.25, 0.3) is 16.3 Å². The molecular weight excluding hydrogens is 344 g/mol. The van der Waals surface area contributed by atoms with E-state index in [2.05, 4.69) is 0 Å². The molecule has 136 valence electrons. The van der Waals surface area contributed by atoms with Crippen molar-refractivity contribution in [3.05, 3.63) is 58.7 Å². The molecule has 27 heavy (non-hydrogen) atoms. The highest BCUT2D eigenvalue weighted by Gasteiger charge is 2.52. The predicted octanol–water partition coefficient (Wildman–Crippen LogP) is 2.68. The molecular formula is C22H18O5. The molecule has 1 aliphatic heterocycles. The first-order chi connectivity index (χ1) is 12.9. The van der Waals surface area contributed by atoms with Gasteiger partial charge in [0.05, 0.1) is 5.92 Å². The van der Waals surface area contributed by atoms with Crippen LogP contribution < -0.4 is 0 Å². The molecule has 1 heterocycles. The van der Waals surface area contributed by atoms with Crippen molar-refractivity contribution in [2.75, 3.05) is 6.61 Å². The average molecular weight is 362 g/mol. The zero-order chi connectivity index (χ0) is 18.9. The molecule has 2 aromatic carbocycles. The molecule has 0 spiro atoms. The van der Waals surface area contributed by atoms with Crippen molar-refractivity contribution in [1.29, 1.82) is 0 Å². The first-order valence-corrected chi connectivity index (χ1v) is 9.07. The van der Waals surface area contributed by atoms with E-state index < -0.39 is 17.5 Å². The van der Waals surface area contributed by atoms with Crippen LogP contribution in [0.2, 0.25) is 0 Å². The van der Waals surface area contributed by atoms with Crippen LogP contribution in [0.15, 0.2) is 47.6 Å². The Morgan fingerprint density at radius 1 is 1.19 bits per heavy atom. The maximum absolute atomic E-state index is 13.1. The summed E-state index contributed by atoms with van der Waals surface area (Å²) in [5, 5.41) is 22.5. The summed E-state index contributed by atoms with van der Waals surface area (Å²) in [7, 11) is 0. The highest BCUT2D eigenvalue weighted by Crippen LogP contribution is 2.46. The van der Waals surface area contributed by atoms with Gasteiger partial charge in [0.25, 0.3) is 0 Å². The number of cyclic esters (lactones) is 1. The minimum Gasteiger partial charge on any atom is -0.508 e. The van der Waals surface area contributed by atoms with Crippen molar-refractivity contribution in [2.24, 2.45) is 5.92 Å². The van der Waals surface area contributed by atoms with E-state index in [1.54, 1.807) is 19.1 Å². The quantitative estimate of drug-likeness (QED) is 0.762. The Morgan fingerprint density at radius 3 is 2.78 bits per heavy atom. The van der Waals surface area contributed by atoms with Gasteiger partial charge in [-0.25, -0.2) is 4.79 Å². The molecule has 5 rings (SSSR count). The standard InChI is InChI=1S/C22H18O5/c1-2-22(26)19-9-16-15-7-11-3-4-14(23)6-12(11)5-13(15)8-17(16)20(24)18(19)10-27-21(22)25/h3-7,9,18,23,26H,2,8,10H2,1H3. The Hall–Kier alpha value is -2.92. The second-order valence-corrected chi connectivity index (χ2v) is 7.44. The maximum Gasteiger partial charge on any atom is 0.342 e. The molecule has 0 amide bonds. The van der Waals surface area contributed by atoms with E-state index in [1.807, 2.05) is 24.3 Å². The van der Waals surface area contributed by atoms with E-state index >= 15 is 0 Å². The monoisotopic (exact) mass is 362 g/mol. The molecule has 5 heteroatoms. The summed E-state index contributed by atoms with van der Waals surface area (Å²) >= 11 is 0. The first-order valence-electron chi connectivity index (χ1n) is 9.07. The summed E-state index contributed by atoms with van der Waals surface area (Å²) in [6, 6.07) is 9.17. The number of hydrogen-bond donors (Lipinski definition) is 2. The number of allylic oxidation sites excluding steroid dienone is 3. The highest BCUT2D eigenvalue weighted by molar-refractivity contribution is 6.14. The molecule has 0 radical (unpaired) electrons. The van der Waals surface area contributed by atoms with Gasteiger partial charge in [0.1, 0.15) is 12.4 Å². The molecule has 0 bridgehead atoms. The number of phenols is 1. The number of aliphatic hydroxyl groups is 1. The van der Waals surface area contributed by atoms with Crippen LogP contribution >= 0.6 is 0 Å². The molecule has 1 fully saturated rings. The normalized spacial score (nSPS) is 26.4. The molecule has 1 saturated heterocycles. The summed E-state index contributed by atoms with van der Waals surface area (Å²) < 4.78 is 5.13. The first kappa shape index (κ1) is 16.3. The summed E-state index contributed by atoms with van der Waals surface area (Å²) in [5.41, 5.74) is 2.15. The fourth-order valence-corrected chi connectivity index (χ4v) is 4.49. The van der Waals surface area contributed by atoms with Gasteiger partial charge in [-0.2, -0.15) is 0 Å². The minimum atomic E-state index is -1.75. The Labute approximate surface area is 155 Å². The predicted molar refractivity (Wildman–Crippen MR) is 99.0 cm³/mol. The number of aromatic hydroxyl groups is 1. The fraction of sp³-hybridized carbons (Fsp3) is 0.273. The van der Waals surface area contributed by atoms with Gasteiger partial charge in [0, 0.05) is 12.0 Å². The van der Waals surface area contributed by atoms with E-state index in [9.17, 15) is 19.8 Å². The summed E-state index contributed by atoms with van der Waals surface area (Å²) in [6.45, 7) is 1.69. The van der Waals surface area contributed by atoms with Gasteiger partial charge in [-0.15, -0.1) is 0 Å². The van der Waals surface area contributed by atoms with Crippen molar-refractivity contribution < 1.29 is 24.5 Å². The van der Waals surface area contributed by atoms with Gasteiger partial charge in [-0.05, 0) is 57.7 Å². The van der Waals surface area contributed by atoms with Crippen LogP contribution in [0.5, 0.6) is 5.75 Å². The SMILES string of the molecule is CCC1(O)C(=O)OCC2C(=O)C3=C(C=C21)c1cc2ccc(O)cc2cc1C3. The van der Waals surface area contributed by atoms with Crippen molar-refractivity contribution in [3.63, 3.8) is 0 Å². The largest absolute Gasteiger partial charge is 0.508 e. The molecule has 2 N–H and O–H groups in total. The van der Waals surface area contributed by atoms with Crippen molar-refractivity contribution >= 4 is 28.1 Å². The number of phenolic OH excluding ortho intramolecular Hbond substituents is 1. The van der Waals surface area contributed by atoms with E-state index in [1.165, 1.54) is 0 Å². The number of ketones is 1. The number of benzene rings is 2. The van der Waals surface area contributed by atoms with E-state index in [-0.39, 0.29) is 24.6 Å². The second-order valence-electron chi connectivity index (χ2n) is 7.44. The molecule has 2 aliphatic carbocycles.